The standard InChI is InChI=1S/C22H25N3O5S3/c1-3-15-7-6-8-17-20(15)23-22(31-17)24-21(26)16-11-13-25(14-12-16)33(29,30)19-10-5-4-9-18(19)32(2,27)28/h4-10,16H,3,11-14H2,1-2H3,(H,23,24,26). The third-order valence-electron chi connectivity index (χ3n) is 5.80. The van der Waals surface area contributed by atoms with E-state index in [-0.39, 0.29) is 34.7 Å². The second-order valence-electron chi connectivity index (χ2n) is 8.02. The normalized spacial score (nSPS) is 16.2. The Hall–Kier alpha value is -2.34. The fourth-order valence-electron chi connectivity index (χ4n) is 4.02. The fraction of sp³-hybridized carbons (Fsp3) is 0.364. The maximum absolute atomic E-state index is 13.1. The van der Waals surface area contributed by atoms with Crippen LogP contribution < -0.4 is 5.32 Å². The molecule has 1 aliphatic rings. The topological polar surface area (TPSA) is 114 Å². The minimum absolute atomic E-state index is 0.137. The van der Waals surface area contributed by atoms with Gasteiger partial charge in [0.15, 0.2) is 15.0 Å². The van der Waals surface area contributed by atoms with Crippen LogP contribution in [0.4, 0.5) is 5.13 Å². The summed E-state index contributed by atoms with van der Waals surface area (Å²) in [6.45, 7) is 2.33. The lowest BCUT2D eigenvalue weighted by molar-refractivity contribution is -0.120. The van der Waals surface area contributed by atoms with Gasteiger partial charge in [-0.05, 0) is 43.0 Å². The van der Waals surface area contributed by atoms with Crippen LogP contribution in [0.1, 0.15) is 25.3 Å². The third kappa shape index (κ3) is 4.81. The summed E-state index contributed by atoms with van der Waals surface area (Å²) in [6.07, 6.45) is 2.53. The number of hydrogen-bond donors (Lipinski definition) is 1. The van der Waals surface area contributed by atoms with Crippen molar-refractivity contribution in [3.8, 4) is 0 Å². The molecule has 1 N–H and O–H groups in total. The van der Waals surface area contributed by atoms with Gasteiger partial charge in [-0.3, -0.25) is 4.79 Å². The number of piperidine rings is 1. The van der Waals surface area contributed by atoms with Crippen molar-refractivity contribution in [2.24, 2.45) is 5.92 Å². The van der Waals surface area contributed by atoms with Crippen LogP contribution in [0.2, 0.25) is 0 Å². The van der Waals surface area contributed by atoms with Gasteiger partial charge >= 0.3 is 0 Å². The number of sulfone groups is 1. The van der Waals surface area contributed by atoms with Crippen molar-refractivity contribution in [2.45, 2.75) is 36.0 Å². The predicted octanol–water partition coefficient (Wildman–Crippen LogP) is 3.30. The van der Waals surface area contributed by atoms with E-state index >= 15 is 0 Å². The van der Waals surface area contributed by atoms with Gasteiger partial charge in [-0.25, -0.2) is 21.8 Å². The van der Waals surface area contributed by atoms with Gasteiger partial charge in [0.05, 0.1) is 15.1 Å². The molecule has 0 bridgehead atoms. The monoisotopic (exact) mass is 507 g/mol. The van der Waals surface area contributed by atoms with Crippen molar-refractivity contribution in [1.82, 2.24) is 9.29 Å². The minimum atomic E-state index is -4.00. The number of amides is 1. The number of benzene rings is 2. The van der Waals surface area contributed by atoms with Crippen LogP contribution in [0.3, 0.4) is 0 Å². The highest BCUT2D eigenvalue weighted by molar-refractivity contribution is 7.93. The number of nitrogens with one attached hydrogen (secondary N) is 1. The number of nitrogens with zero attached hydrogens (tertiary/aromatic N) is 2. The molecule has 2 heterocycles. The van der Waals surface area contributed by atoms with Crippen molar-refractivity contribution < 1.29 is 21.6 Å². The van der Waals surface area contributed by atoms with E-state index in [2.05, 4.69) is 17.2 Å². The quantitative estimate of drug-likeness (QED) is 0.548. The van der Waals surface area contributed by atoms with Crippen LogP contribution in [0.25, 0.3) is 10.2 Å². The van der Waals surface area contributed by atoms with E-state index in [0.29, 0.717) is 18.0 Å². The van der Waals surface area contributed by atoms with Gasteiger partial charge in [-0.15, -0.1) is 0 Å². The van der Waals surface area contributed by atoms with Gasteiger partial charge in [0, 0.05) is 25.3 Å². The molecule has 0 unspecified atom stereocenters. The van der Waals surface area contributed by atoms with Crippen LogP contribution in [-0.2, 0) is 31.1 Å². The summed E-state index contributed by atoms with van der Waals surface area (Å²) >= 11 is 1.42. The average molecular weight is 508 g/mol. The first-order chi connectivity index (χ1) is 15.6. The van der Waals surface area contributed by atoms with E-state index in [9.17, 15) is 21.6 Å². The Labute approximate surface area is 197 Å². The van der Waals surface area contributed by atoms with Crippen LogP contribution in [0, 0.1) is 5.92 Å². The zero-order valence-corrected chi connectivity index (χ0v) is 20.8. The molecule has 1 fully saturated rings. The van der Waals surface area contributed by atoms with Crippen molar-refractivity contribution in [2.75, 3.05) is 24.7 Å². The van der Waals surface area contributed by atoms with Crippen LogP contribution in [-0.4, -0.2) is 51.4 Å². The Morgan fingerprint density at radius 1 is 1.06 bits per heavy atom. The minimum Gasteiger partial charge on any atom is -0.302 e. The zero-order chi connectivity index (χ0) is 23.8. The number of aryl methyl sites for hydroxylation is 1. The second-order valence-corrected chi connectivity index (χ2v) is 12.9. The molecule has 4 rings (SSSR count). The average Bonchev–Trinajstić information content (AvgIpc) is 3.21. The highest BCUT2D eigenvalue weighted by Gasteiger charge is 2.34. The predicted molar refractivity (Wildman–Crippen MR) is 129 cm³/mol. The highest BCUT2D eigenvalue weighted by Crippen LogP contribution is 2.31. The Morgan fingerprint density at radius 2 is 1.73 bits per heavy atom. The molecule has 33 heavy (non-hydrogen) atoms. The number of hydrogen-bond acceptors (Lipinski definition) is 7. The van der Waals surface area contributed by atoms with Gasteiger partial charge < -0.3 is 5.32 Å². The summed E-state index contributed by atoms with van der Waals surface area (Å²) in [5, 5.41) is 3.42. The van der Waals surface area contributed by atoms with E-state index in [0.717, 1.165) is 28.5 Å². The molecule has 11 heteroatoms. The summed E-state index contributed by atoms with van der Waals surface area (Å²) < 4.78 is 52.7. The maximum atomic E-state index is 13.1. The largest absolute Gasteiger partial charge is 0.302 e. The van der Waals surface area contributed by atoms with E-state index < -0.39 is 19.9 Å². The first-order valence-electron chi connectivity index (χ1n) is 10.6. The molecule has 1 amide bonds. The number of sulfonamides is 1. The summed E-state index contributed by atoms with van der Waals surface area (Å²) in [5.41, 5.74) is 2.02. The number of carbonyl (C=O) groups is 1. The van der Waals surface area contributed by atoms with Crippen molar-refractivity contribution in [3.63, 3.8) is 0 Å². The Morgan fingerprint density at radius 3 is 2.36 bits per heavy atom. The molecule has 1 aromatic heterocycles. The molecule has 0 radical (unpaired) electrons. The van der Waals surface area contributed by atoms with E-state index in [1.165, 1.54) is 39.9 Å². The lowest BCUT2D eigenvalue weighted by Crippen LogP contribution is -2.41. The molecule has 2 aromatic carbocycles. The number of thiazole rings is 1. The molecule has 3 aromatic rings. The van der Waals surface area contributed by atoms with Crippen molar-refractivity contribution >= 4 is 52.5 Å². The van der Waals surface area contributed by atoms with Gasteiger partial charge in [-0.1, -0.05) is 42.5 Å². The number of para-hydroxylation sites is 1. The molecule has 0 saturated carbocycles. The van der Waals surface area contributed by atoms with Crippen LogP contribution >= 0.6 is 11.3 Å². The highest BCUT2D eigenvalue weighted by atomic mass is 32.2. The van der Waals surface area contributed by atoms with Gasteiger partial charge in [0.2, 0.25) is 15.9 Å². The van der Waals surface area contributed by atoms with Crippen LogP contribution in [0.15, 0.2) is 52.3 Å². The smallest absolute Gasteiger partial charge is 0.244 e. The summed E-state index contributed by atoms with van der Waals surface area (Å²) in [6, 6.07) is 11.6. The molecule has 1 saturated heterocycles. The molecule has 0 atom stereocenters. The second kappa shape index (κ2) is 9.13. The molecule has 176 valence electrons. The lowest BCUT2D eigenvalue weighted by Gasteiger charge is -2.30. The summed E-state index contributed by atoms with van der Waals surface area (Å²) in [5.74, 6) is -0.528. The first-order valence-corrected chi connectivity index (χ1v) is 14.7. The molecule has 1 aliphatic heterocycles. The van der Waals surface area contributed by atoms with Gasteiger partial charge in [-0.2, -0.15) is 4.31 Å². The summed E-state index contributed by atoms with van der Waals surface area (Å²) in [4.78, 5) is 16.9. The SMILES string of the molecule is CCc1cccc2sc(NC(=O)C3CCN(S(=O)(=O)c4ccccc4S(C)(=O)=O)CC3)nc12. The molecule has 8 nitrogen and oxygen atoms in total. The molecule has 0 spiro atoms. The number of rotatable bonds is 6. The Balaban J connectivity index is 1.45. The number of fused-ring (bicyclic) bond motifs is 1. The van der Waals surface area contributed by atoms with Gasteiger partial charge in [0.25, 0.3) is 0 Å². The summed E-state index contributed by atoms with van der Waals surface area (Å²) in [7, 11) is -7.70. The van der Waals surface area contributed by atoms with E-state index in [1.807, 2.05) is 18.2 Å². The number of carbonyl (C=O) groups excluding carboxylic acids is 1. The van der Waals surface area contributed by atoms with E-state index in [1.54, 1.807) is 0 Å². The molecular formula is C22H25N3O5S3. The van der Waals surface area contributed by atoms with Crippen LogP contribution in [0.5, 0.6) is 0 Å². The number of anilines is 1. The Kier molecular flexibility index (Phi) is 6.59. The molecule has 0 aliphatic carbocycles. The first kappa shape index (κ1) is 23.8. The maximum Gasteiger partial charge on any atom is 0.244 e. The molecular weight excluding hydrogens is 482 g/mol. The van der Waals surface area contributed by atoms with Crippen molar-refractivity contribution in [3.05, 3.63) is 48.0 Å². The van der Waals surface area contributed by atoms with Gasteiger partial charge in [0.1, 0.15) is 4.90 Å². The van der Waals surface area contributed by atoms with E-state index in [4.69, 9.17) is 0 Å². The number of aromatic nitrogens is 1. The third-order valence-corrected chi connectivity index (χ3v) is 9.98. The fourth-order valence-corrected chi connectivity index (χ4v) is 8.01. The Bertz CT molecular complexity index is 1410. The zero-order valence-electron chi connectivity index (χ0n) is 18.3. The van der Waals surface area contributed by atoms with Crippen molar-refractivity contribution in [1.29, 1.82) is 0 Å². The lowest BCUT2D eigenvalue weighted by atomic mass is 9.97.